The largest absolute Gasteiger partial charge is 0.454 e. The van der Waals surface area contributed by atoms with E-state index in [1.165, 1.54) is 11.3 Å². The van der Waals surface area contributed by atoms with Crippen molar-refractivity contribution in [3.8, 4) is 11.5 Å². The highest BCUT2D eigenvalue weighted by molar-refractivity contribution is 7.21. The standard InChI is InChI=1S/C25H18ClN3O4S/c1-14(28-29-25(31)23-22(26)18-7-2-3-8-21(18)34-23)15-5-4-6-17(11-15)27-24(30)16-9-10-19-20(12-16)33-13-32-19/h2-12H,13H2,1H3,(H,27,30)(H,29,31)/b28-14-. The molecule has 2 N–H and O–H groups in total. The molecule has 170 valence electrons. The van der Waals surface area contributed by atoms with E-state index in [9.17, 15) is 9.59 Å². The van der Waals surface area contributed by atoms with Crippen molar-refractivity contribution < 1.29 is 19.1 Å². The van der Waals surface area contributed by atoms with Crippen LogP contribution in [-0.4, -0.2) is 24.3 Å². The minimum atomic E-state index is -0.377. The van der Waals surface area contributed by atoms with Gasteiger partial charge in [0.1, 0.15) is 4.88 Å². The third kappa shape index (κ3) is 4.33. The van der Waals surface area contributed by atoms with Crippen molar-refractivity contribution in [2.75, 3.05) is 12.1 Å². The normalized spacial score (nSPS) is 12.6. The summed E-state index contributed by atoms with van der Waals surface area (Å²) < 4.78 is 11.5. The van der Waals surface area contributed by atoms with E-state index in [4.69, 9.17) is 21.1 Å². The number of carbonyl (C=O) groups is 2. The molecule has 0 atom stereocenters. The molecule has 7 nitrogen and oxygen atoms in total. The third-order valence-corrected chi connectivity index (χ3v) is 6.91. The number of hydrogen-bond donors (Lipinski definition) is 2. The van der Waals surface area contributed by atoms with Crippen molar-refractivity contribution in [1.82, 2.24) is 5.43 Å². The maximum absolute atomic E-state index is 12.7. The molecule has 3 aromatic carbocycles. The van der Waals surface area contributed by atoms with Crippen LogP contribution in [-0.2, 0) is 0 Å². The van der Waals surface area contributed by atoms with Gasteiger partial charge in [0.2, 0.25) is 6.79 Å². The maximum Gasteiger partial charge on any atom is 0.283 e. The van der Waals surface area contributed by atoms with E-state index >= 15 is 0 Å². The molecule has 1 aliphatic heterocycles. The van der Waals surface area contributed by atoms with Crippen LogP contribution in [0.1, 0.15) is 32.5 Å². The fourth-order valence-corrected chi connectivity index (χ4v) is 4.88. The van der Waals surface area contributed by atoms with Gasteiger partial charge in [-0.1, -0.05) is 41.9 Å². The van der Waals surface area contributed by atoms with Crippen molar-refractivity contribution >= 4 is 56.2 Å². The molecule has 0 fully saturated rings. The summed E-state index contributed by atoms with van der Waals surface area (Å²) in [5.41, 5.74) is 4.93. The number of hydrazone groups is 1. The van der Waals surface area contributed by atoms with Gasteiger partial charge in [0.15, 0.2) is 11.5 Å². The number of amides is 2. The van der Waals surface area contributed by atoms with Crippen LogP contribution in [0.3, 0.4) is 0 Å². The number of rotatable bonds is 5. The number of nitrogens with zero attached hydrogens (tertiary/aromatic N) is 1. The van der Waals surface area contributed by atoms with Gasteiger partial charge in [0.05, 0.1) is 10.7 Å². The summed E-state index contributed by atoms with van der Waals surface area (Å²) in [5.74, 6) is 0.499. The van der Waals surface area contributed by atoms with Crippen molar-refractivity contribution in [3.05, 3.63) is 87.8 Å². The predicted octanol–water partition coefficient (Wildman–Crippen LogP) is 5.69. The molecule has 0 radical (unpaired) electrons. The summed E-state index contributed by atoms with van der Waals surface area (Å²) in [7, 11) is 0. The molecule has 0 bridgehead atoms. The number of nitrogens with one attached hydrogen (secondary N) is 2. The average molecular weight is 492 g/mol. The molecule has 1 aliphatic rings. The van der Waals surface area contributed by atoms with Crippen molar-refractivity contribution in [2.45, 2.75) is 6.92 Å². The molecule has 0 unspecified atom stereocenters. The van der Waals surface area contributed by atoms with E-state index in [1.54, 1.807) is 43.3 Å². The number of thiophene rings is 1. The first kappa shape index (κ1) is 21.9. The van der Waals surface area contributed by atoms with E-state index in [0.717, 1.165) is 15.6 Å². The second-order valence-corrected chi connectivity index (χ2v) is 8.91. The van der Waals surface area contributed by atoms with Crippen LogP contribution in [0.2, 0.25) is 5.02 Å². The second-order valence-electron chi connectivity index (χ2n) is 7.48. The lowest BCUT2D eigenvalue weighted by Crippen LogP contribution is -2.18. The molecule has 0 aliphatic carbocycles. The number of anilines is 1. The number of ether oxygens (including phenoxy) is 2. The summed E-state index contributed by atoms with van der Waals surface area (Å²) in [5, 5.41) is 8.34. The topological polar surface area (TPSA) is 89.0 Å². The van der Waals surface area contributed by atoms with Crippen LogP contribution in [0.4, 0.5) is 5.69 Å². The molecule has 2 amide bonds. The molecule has 9 heteroatoms. The molecular weight excluding hydrogens is 474 g/mol. The van der Waals surface area contributed by atoms with Gasteiger partial charge in [-0.2, -0.15) is 5.10 Å². The Kier molecular flexibility index (Phi) is 5.91. The van der Waals surface area contributed by atoms with Crippen LogP contribution in [0.5, 0.6) is 11.5 Å². The molecule has 1 aromatic heterocycles. The van der Waals surface area contributed by atoms with Crippen LogP contribution >= 0.6 is 22.9 Å². The van der Waals surface area contributed by atoms with Gasteiger partial charge in [-0.15, -0.1) is 11.3 Å². The van der Waals surface area contributed by atoms with Crippen LogP contribution in [0.25, 0.3) is 10.1 Å². The highest BCUT2D eigenvalue weighted by Crippen LogP contribution is 2.35. The number of benzene rings is 3. The Morgan fingerprint density at radius 2 is 1.76 bits per heavy atom. The lowest BCUT2D eigenvalue weighted by molar-refractivity contribution is 0.0958. The van der Waals surface area contributed by atoms with E-state index in [1.807, 2.05) is 30.3 Å². The first-order chi connectivity index (χ1) is 16.5. The van der Waals surface area contributed by atoms with Crippen molar-refractivity contribution in [2.24, 2.45) is 5.10 Å². The van der Waals surface area contributed by atoms with Gasteiger partial charge in [-0.25, -0.2) is 5.43 Å². The van der Waals surface area contributed by atoms with E-state index in [-0.39, 0.29) is 18.6 Å². The number of halogens is 1. The SMILES string of the molecule is C/C(=N/NC(=O)c1sc2ccccc2c1Cl)c1cccc(NC(=O)c2ccc3c(c2)OCO3)c1. The Bertz CT molecular complexity index is 1460. The summed E-state index contributed by atoms with van der Waals surface area (Å²) in [6.45, 7) is 1.91. The van der Waals surface area contributed by atoms with Crippen molar-refractivity contribution in [3.63, 3.8) is 0 Å². The Morgan fingerprint density at radius 1 is 0.941 bits per heavy atom. The van der Waals surface area contributed by atoms with Gasteiger partial charge < -0.3 is 14.8 Å². The zero-order valence-electron chi connectivity index (χ0n) is 17.9. The van der Waals surface area contributed by atoms with Crippen LogP contribution in [0.15, 0.2) is 71.8 Å². The minimum Gasteiger partial charge on any atom is -0.454 e. The Morgan fingerprint density at radius 3 is 2.62 bits per heavy atom. The average Bonchev–Trinajstić information content (AvgIpc) is 3.46. The quantitative estimate of drug-likeness (QED) is 0.277. The molecule has 34 heavy (non-hydrogen) atoms. The van der Waals surface area contributed by atoms with Crippen LogP contribution < -0.4 is 20.2 Å². The summed E-state index contributed by atoms with van der Waals surface area (Å²) in [4.78, 5) is 25.7. The summed E-state index contributed by atoms with van der Waals surface area (Å²) in [6, 6.07) is 19.8. The minimum absolute atomic E-state index is 0.146. The van der Waals surface area contributed by atoms with E-state index < -0.39 is 0 Å². The molecule has 2 heterocycles. The maximum atomic E-state index is 12.7. The molecule has 4 aromatic rings. The van der Waals surface area contributed by atoms with Gasteiger partial charge in [0.25, 0.3) is 11.8 Å². The molecule has 0 saturated carbocycles. The fourth-order valence-electron chi connectivity index (χ4n) is 3.47. The first-order valence-corrected chi connectivity index (χ1v) is 11.5. The zero-order valence-corrected chi connectivity index (χ0v) is 19.5. The Labute approximate surface area is 204 Å². The van der Waals surface area contributed by atoms with Gasteiger partial charge >= 0.3 is 0 Å². The van der Waals surface area contributed by atoms with Gasteiger partial charge in [-0.05, 0) is 48.9 Å². The summed E-state index contributed by atoms with van der Waals surface area (Å²) >= 11 is 7.70. The first-order valence-electron chi connectivity index (χ1n) is 10.3. The summed E-state index contributed by atoms with van der Waals surface area (Å²) in [6.07, 6.45) is 0. The van der Waals surface area contributed by atoms with E-state index in [2.05, 4.69) is 15.8 Å². The lowest BCUT2D eigenvalue weighted by Gasteiger charge is -2.08. The highest BCUT2D eigenvalue weighted by atomic mass is 35.5. The smallest absolute Gasteiger partial charge is 0.283 e. The molecule has 0 saturated heterocycles. The second kappa shape index (κ2) is 9.17. The highest BCUT2D eigenvalue weighted by Gasteiger charge is 2.18. The number of carbonyl (C=O) groups excluding carboxylic acids is 2. The molecule has 5 rings (SSSR count). The Balaban J connectivity index is 1.29. The third-order valence-electron chi connectivity index (χ3n) is 5.24. The predicted molar refractivity (Wildman–Crippen MR) is 133 cm³/mol. The van der Waals surface area contributed by atoms with Crippen molar-refractivity contribution in [1.29, 1.82) is 0 Å². The Hall–Kier alpha value is -3.88. The zero-order chi connectivity index (χ0) is 23.7. The molecule has 0 spiro atoms. The molecular formula is C25H18ClN3O4S. The fraction of sp³-hybridized carbons (Fsp3) is 0.0800. The van der Waals surface area contributed by atoms with Gasteiger partial charge in [0, 0.05) is 21.3 Å². The number of fused-ring (bicyclic) bond motifs is 2. The van der Waals surface area contributed by atoms with E-state index in [0.29, 0.717) is 38.4 Å². The van der Waals surface area contributed by atoms with Gasteiger partial charge in [-0.3, -0.25) is 9.59 Å². The lowest BCUT2D eigenvalue weighted by atomic mass is 10.1. The monoisotopic (exact) mass is 491 g/mol. The number of hydrogen-bond acceptors (Lipinski definition) is 6. The van der Waals surface area contributed by atoms with Crippen LogP contribution in [0, 0.1) is 0 Å².